The summed E-state index contributed by atoms with van der Waals surface area (Å²) in [6.45, 7) is 1.26. The van der Waals surface area contributed by atoms with Gasteiger partial charge in [0.05, 0.1) is 17.8 Å². The fourth-order valence-electron chi connectivity index (χ4n) is 3.01. The summed E-state index contributed by atoms with van der Waals surface area (Å²) in [6, 6.07) is 7.90. The van der Waals surface area contributed by atoms with Crippen molar-refractivity contribution in [2.24, 2.45) is 0 Å². The highest BCUT2D eigenvalue weighted by Gasteiger charge is 2.29. The van der Waals surface area contributed by atoms with E-state index >= 15 is 0 Å². The molecule has 1 aliphatic heterocycles. The second kappa shape index (κ2) is 7.82. The molecule has 0 N–H and O–H groups in total. The van der Waals surface area contributed by atoms with Gasteiger partial charge in [0.1, 0.15) is 10.7 Å². The molecule has 0 bridgehead atoms. The van der Waals surface area contributed by atoms with Crippen LogP contribution in [0.3, 0.4) is 0 Å². The Kier molecular flexibility index (Phi) is 5.70. The average Bonchev–Trinajstić information content (AvgIpc) is 3.15. The lowest BCUT2D eigenvalue weighted by Gasteiger charge is -2.26. The van der Waals surface area contributed by atoms with Crippen LogP contribution in [0.25, 0.3) is 0 Å². The molecular formula is C18H21ClN2O4S. The standard InChI is InChI=1S/C18H21ClN2O4S/c1-20(13-15-6-5-11-25-15)18(22)14-7-8-16(19)17(12-14)26(23,24)21-9-3-2-4-10-21/h5-8,11-12H,2-4,9-10,13H2,1H3. The minimum atomic E-state index is -3.71. The third-order valence-electron chi connectivity index (χ3n) is 4.43. The monoisotopic (exact) mass is 396 g/mol. The van der Waals surface area contributed by atoms with E-state index in [0.29, 0.717) is 25.4 Å². The molecule has 3 rings (SSSR count). The number of carbonyl (C=O) groups excluding carboxylic acids is 1. The highest BCUT2D eigenvalue weighted by atomic mass is 35.5. The zero-order chi connectivity index (χ0) is 18.7. The van der Waals surface area contributed by atoms with Gasteiger partial charge in [0.15, 0.2) is 0 Å². The SMILES string of the molecule is CN(Cc1ccco1)C(=O)c1ccc(Cl)c(S(=O)(=O)N2CCCCC2)c1. The van der Waals surface area contributed by atoms with Crippen molar-refractivity contribution in [1.82, 2.24) is 9.21 Å². The van der Waals surface area contributed by atoms with E-state index in [1.54, 1.807) is 31.5 Å². The third kappa shape index (κ3) is 3.95. The van der Waals surface area contributed by atoms with E-state index in [2.05, 4.69) is 0 Å². The largest absolute Gasteiger partial charge is 0.467 e. The van der Waals surface area contributed by atoms with Crippen LogP contribution < -0.4 is 0 Å². The van der Waals surface area contributed by atoms with Gasteiger partial charge in [-0.3, -0.25) is 4.79 Å². The zero-order valence-corrected chi connectivity index (χ0v) is 16.1. The molecule has 0 saturated carbocycles. The van der Waals surface area contributed by atoms with Crippen LogP contribution in [-0.2, 0) is 16.6 Å². The maximum Gasteiger partial charge on any atom is 0.254 e. The van der Waals surface area contributed by atoms with E-state index in [1.807, 2.05) is 0 Å². The van der Waals surface area contributed by atoms with Crippen LogP contribution in [0, 0.1) is 0 Å². The van der Waals surface area contributed by atoms with Crippen LogP contribution in [0.15, 0.2) is 45.9 Å². The highest BCUT2D eigenvalue weighted by molar-refractivity contribution is 7.89. The van der Waals surface area contributed by atoms with Crippen LogP contribution in [0.4, 0.5) is 0 Å². The molecule has 0 atom stereocenters. The first-order valence-electron chi connectivity index (χ1n) is 8.47. The summed E-state index contributed by atoms with van der Waals surface area (Å²) in [6.07, 6.45) is 4.23. The first-order chi connectivity index (χ1) is 12.4. The molecule has 6 nitrogen and oxygen atoms in total. The van der Waals surface area contributed by atoms with Crippen molar-refractivity contribution in [1.29, 1.82) is 0 Å². The third-order valence-corrected chi connectivity index (χ3v) is 6.81. The number of amides is 1. The molecule has 1 fully saturated rings. The minimum Gasteiger partial charge on any atom is -0.467 e. The van der Waals surface area contributed by atoms with Crippen LogP contribution in [-0.4, -0.2) is 43.7 Å². The number of benzene rings is 1. The van der Waals surface area contributed by atoms with Gasteiger partial charge in [-0.05, 0) is 43.2 Å². The average molecular weight is 397 g/mol. The molecule has 2 heterocycles. The molecule has 1 saturated heterocycles. The van der Waals surface area contributed by atoms with Gasteiger partial charge in [-0.25, -0.2) is 8.42 Å². The van der Waals surface area contributed by atoms with Crippen LogP contribution in [0.2, 0.25) is 5.02 Å². The van der Waals surface area contributed by atoms with Crippen molar-refractivity contribution >= 4 is 27.5 Å². The number of halogens is 1. The normalized spacial score (nSPS) is 15.8. The summed E-state index contributed by atoms with van der Waals surface area (Å²) in [4.78, 5) is 14.1. The second-order valence-corrected chi connectivity index (χ2v) is 8.66. The molecule has 1 aromatic heterocycles. The van der Waals surface area contributed by atoms with E-state index in [9.17, 15) is 13.2 Å². The Labute approximate surface area is 158 Å². The molecule has 140 valence electrons. The predicted molar refractivity (Wildman–Crippen MR) is 98.6 cm³/mol. The van der Waals surface area contributed by atoms with E-state index in [0.717, 1.165) is 19.3 Å². The number of rotatable bonds is 5. The number of nitrogens with zero attached hydrogens (tertiary/aromatic N) is 2. The number of sulfonamides is 1. The van der Waals surface area contributed by atoms with Gasteiger partial charge < -0.3 is 9.32 Å². The Morgan fingerprint density at radius 1 is 1.23 bits per heavy atom. The van der Waals surface area contributed by atoms with Crippen molar-refractivity contribution in [3.8, 4) is 0 Å². The smallest absolute Gasteiger partial charge is 0.254 e. The first kappa shape index (κ1) is 18.9. The predicted octanol–water partition coefficient (Wildman–Crippen LogP) is 3.38. The molecule has 0 aliphatic carbocycles. The van der Waals surface area contributed by atoms with Crippen LogP contribution >= 0.6 is 11.6 Å². The van der Waals surface area contributed by atoms with E-state index in [-0.39, 0.29) is 21.4 Å². The van der Waals surface area contributed by atoms with Gasteiger partial charge in [-0.2, -0.15) is 4.31 Å². The van der Waals surface area contributed by atoms with Crippen molar-refractivity contribution in [2.45, 2.75) is 30.7 Å². The van der Waals surface area contributed by atoms with E-state index in [4.69, 9.17) is 16.0 Å². The van der Waals surface area contributed by atoms with Gasteiger partial charge in [0.25, 0.3) is 5.91 Å². The molecule has 1 aliphatic rings. The molecule has 2 aromatic rings. The number of piperidine rings is 1. The van der Waals surface area contributed by atoms with Gasteiger partial charge in [0, 0.05) is 25.7 Å². The number of carbonyl (C=O) groups is 1. The Bertz CT molecular complexity index is 875. The molecule has 26 heavy (non-hydrogen) atoms. The van der Waals surface area contributed by atoms with Crippen molar-refractivity contribution in [3.05, 3.63) is 52.9 Å². The minimum absolute atomic E-state index is 0.0154. The first-order valence-corrected chi connectivity index (χ1v) is 10.3. The highest BCUT2D eigenvalue weighted by Crippen LogP contribution is 2.28. The van der Waals surface area contributed by atoms with E-state index < -0.39 is 10.0 Å². The zero-order valence-electron chi connectivity index (χ0n) is 14.5. The lowest BCUT2D eigenvalue weighted by molar-refractivity contribution is 0.0775. The molecule has 8 heteroatoms. The van der Waals surface area contributed by atoms with Crippen molar-refractivity contribution in [2.75, 3.05) is 20.1 Å². The van der Waals surface area contributed by atoms with E-state index in [1.165, 1.54) is 21.3 Å². The van der Waals surface area contributed by atoms with Gasteiger partial charge >= 0.3 is 0 Å². The Morgan fingerprint density at radius 2 is 1.96 bits per heavy atom. The van der Waals surface area contributed by atoms with Gasteiger partial charge in [-0.15, -0.1) is 0 Å². The Balaban J connectivity index is 1.86. The summed E-state index contributed by atoms with van der Waals surface area (Å²) in [5.41, 5.74) is 0.277. The van der Waals surface area contributed by atoms with Crippen molar-refractivity contribution < 1.29 is 17.6 Å². The molecule has 0 spiro atoms. The topological polar surface area (TPSA) is 70.8 Å². The van der Waals surface area contributed by atoms with Gasteiger partial charge in [0.2, 0.25) is 10.0 Å². The number of hydrogen-bond donors (Lipinski definition) is 0. The summed E-state index contributed by atoms with van der Waals surface area (Å²) in [5, 5.41) is 0.126. The Hall–Kier alpha value is -1.83. The molecule has 0 unspecified atom stereocenters. The van der Waals surface area contributed by atoms with Crippen LogP contribution in [0.5, 0.6) is 0 Å². The number of hydrogen-bond acceptors (Lipinski definition) is 4. The fourth-order valence-corrected chi connectivity index (χ4v) is 5.02. The van der Waals surface area contributed by atoms with Gasteiger partial charge in [-0.1, -0.05) is 18.0 Å². The molecule has 0 radical (unpaired) electrons. The summed E-state index contributed by atoms with van der Waals surface area (Å²) >= 11 is 6.15. The number of furan rings is 1. The lowest BCUT2D eigenvalue weighted by Crippen LogP contribution is -2.36. The molecule has 1 amide bonds. The van der Waals surface area contributed by atoms with Crippen LogP contribution in [0.1, 0.15) is 35.4 Å². The summed E-state index contributed by atoms with van der Waals surface area (Å²) < 4.78 is 32.5. The Morgan fingerprint density at radius 3 is 2.62 bits per heavy atom. The second-order valence-electron chi connectivity index (χ2n) is 6.35. The van der Waals surface area contributed by atoms with Crippen molar-refractivity contribution in [3.63, 3.8) is 0 Å². The molecular weight excluding hydrogens is 376 g/mol. The summed E-state index contributed by atoms with van der Waals surface area (Å²) in [7, 11) is -2.08. The lowest BCUT2D eigenvalue weighted by atomic mass is 10.2. The maximum absolute atomic E-state index is 12.9. The summed E-state index contributed by atoms with van der Waals surface area (Å²) in [5.74, 6) is 0.351. The quantitative estimate of drug-likeness (QED) is 0.776. The molecule has 1 aromatic carbocycles. The fraction of sp³-hybridized carbons (Fsp3) is 0.389. The maximum atomic E-state index is 12.9.